The van der Waals surface area contributed by atoms with Gasteiger partial charge >= 0.3 is 0 Å². The number of hydrogen-bond donors (Lipinski definition) is 2. The maximum Gasteiger partial charge on any atom is 0.0991 e. The molecular weight excluding hydrogens is 196 g/mol. The maximum atomic E-state index is 5.94. The van der Waals surface area contributed by atoms with Gasteiger partial charge in [0.1, 0.15) is 0 Å². The minimum atomic E-state index is -0.0198. The minimum absolute atomic E-state index is 0.0198. The van der Waals surface area contributed by atoms with Crippen molar-refractivity contribution in [2.24, 2.45) is 5.73 Å². The number of nitrogens with one attached hydrogen (secondary N) is 1. The molecule has 0 aliphatic heterocycles. The van der Waals surface area contributed by atoms with Crippen LogP contribution in [0.2, 0.25) is 0 Å². The van der Waals surface area contributed by atoms with Crippen molar-refractivity contribution >= 4 is 11.3 Å². The fraction of sp³-hybridized carbons (Fsp3) is 0.333. The van der Waals surface area contributed by atoms with Gasteiger partial charge in [0.15, 0.2) is 0 Å². The van der Waals surface area contributed by atoms with Crippen LogP contribution in [0.5, 0.6) is 0 Å². The van der Waals surface area contributed by atoms with Gasteiger partial charge in [-0.15, -0.1) is 0 Å². The molecule has 74 valence electrons. The summed E-state index contributed by atoms with van der Waals surface area (Å²) in [5, 5.41) is 14.5. The van der Waals surface area contributed by atoms with Crippen molar-refractivity contribution in [2.75, 3.05) is 0 Å². The fourth-order valence-corrected chi connectivity index (χ4v) is 2.00. The van der Waals surface area contributed by atoms with Crippen molar-refractivity contribution in [3.63, 3.8) is 0 Å². The number of nitrogens with two attached hydrogens (primary N) is 1. The van der Waals surface area contributed by atoms with E-state index in [1.54, 1.807) is 17.5 Å². The Hall–Kier alpha value is -1.20. The maximum absolute atomic E-state index is 5.94. The van der Waals surface area contributed by atoms with Crippen LogP contribution >= 0.6 is 11.3 Å². The van der Waals surface area contributed by atoms with E-state index in [9.17, 15) is 0 Å². The van der Waals surface area contributed by atoms with E-state index < -0.39 is 0 Å². The molecule has 3 N–H and O–H groups in total. The van der Waals surface area contributed by atoms with Crippen molar-refractivity contribution in [2.45, 2.75) is 18.9 Å². The Morgan fingerprint density at radius 3 is 3.14 bits per heavy atom. The molecule has 0 bridgehead atoms. The number of aromatic amines is 1. The Kier molecular flexibility index (Phi) is 2.90. The van der Waals surface area contributed by atoms with E-state index in [1.807, 2.05) is 0 Å². The number of nitrogens with zero attached hydrogens (tertiary/aromatic N) is 2. The third-order valence-electron chi connectivity index (χ3n) is 2.14. The predicted molar refractivity (Wildman–Crippen MR) is 56.0 cm³/mol. The standard InChI is InChI=1S/C9H12N4S/c10-8(9-5-11-13-12-9)2-1-7-3-4-14-6-7/h3-6,8H,1-2,10H2,(H,11,12,13). The zero-order valence-corrected chi connectivity index (χ0v) is 8.50. The third kappa shape index (κ3) is 2.18. The number of thiophene rings is 1. The van der Waals surface area contributed by atoms with Crippen LogP contribution in [0.25, 0.3) is 0 Å². The van der Waals surface area contributed by atoms with E-state index in [4.69, 9.17) is 5.73 Å². The Bertz CT molecular complexity index is 354. The summed E-state index contributed by atoms with van der Waals surface area (Å²) in [5.41, 5.74) is 8.11. The molecule has 0 aliphatic rings. The normalized spacial score (nSPS) is 12.9. The van der Waals surface area contributed by atoms with E-state index >= 15 is 0 Å². The first-order chi connectivity index (χ1) is 6.86. The molecule has 4 nitrogen and oxygen atoms in total. The molecule has 0 saturated heterocycles. The molecule has 0 spiro atoms. The summed E-state index contributed by atoms with van der Waals surface area (Å²) in [6.07, 6.45) is 3.58. The molecule has 0 aliphatic carbocycles. The number of hydrogen-bond acceptors (Lipinski definition) is 4. The molecule has 2 aromatic rings. The minimum Gasteiger partial charge on any atom is -0.323 e. The highest BCUT2D eigenvalue weighted by Crippen LogP contribution is 2.15. The Balaban J connectivity index is 1.87. The summed E-state index contributed by atoms with van der Waals surface area (Å²) in [7, 11) is 0. The van der Waals surface area contributed by atoms with Crippen LogP contribution in [0.15, 0.2) is 23.0 Å². The molecule has 14 heavy (non-hydrogen) atoms. The monoisotopic (exact) mass is 208 g/mol. The van der Waals surface area contributed by atoms with E-state index in [-0.39, 0.29) is 6.04 Å². The highest BCUT2D eigenvalue weighted by Gasteiger charge is 2.08. The van der Waals surface area contributed by atoms with Gasteiger partial charge in [0, 0.05) is 0 Å². The molecule has 5 heteroatoms. The third-order valence-corrected chi connectivity index (χ3v) is 2.87. The molecule has 1 unspecified atom stereocenters. The summed E-state index contributed by atoms with van der Waals surface area (Å²) in [6.45, 7) is 0. The van der Waals surface area contributed by atoms with Crippen LogP contribution in [0, 0.1) is 0 Å². The Labute approximate surface area is 86.1 Å². The average molecular weight is 208 g/mol. The fourth-order valence-electron chi connectivity index (χ4n) is 1.29. The first-order valence-corrected chi connectivity index (χ1v) is 5.43. The van der Waals surface area contributed by atoms with Gasteiger partial charge in [-0.2, -0.15) is 26.7 Å². The van der Waals surface area contributed by atoms with Crippen LogP contribution in [-0.4, -0.2) is 15.4 Å². The second kappa shape index (κ2) is 4.34. The zero-order chi connectivity index (χ0) is 9.80. The van der Waals surface area contributed by atoms with E-state index in [2.05, 4.69) is 32.2 Å². The zero-order valence-electron chi connectivity index (χ0n) is 7.68. The SMILES string of the molecule is NC(CCc1ccsc1)c1cn[nH]n1. The van der Waals surface area contributed by atoms with Crippen molar-refractivity contribution in [3.8, 4) is 0 Å². The molecule has 2 aromatic heterocycles. The second-order valence-electron chi connectivity index (χ2n) is 3.17. The molecule has 0 fully saturated rings. The summed E-state index contributed by atoms with van der Waals surface area (Å²) < 4.78 is 0. The van der Waals surface area contributed by atoms with Crippen molar-refractivity contribution in [1.82, 2.24) is 15.4 Å². The van der Waals surface area contributed by atoms with Crippen molar-refractivity contribution < 1.29 is 0 Å². The first-order valence-electron chi connectivity index (χ1n) is 4.48. The van der Waals surface area contributed by atoms with Crippen LogP contribution in [0.1, 0.15) is 23.7 Å². The molecule has 2 heterocycles. The van der Waals surface area contributed by atoms with Gasteiger partial charge in [-0.25, -0.2) is 0 Å². The van der Waals surface area contributed by atoms with Gasteiger partial charge < -0.3 is 5.73 Å². The summed E-state index contributed by atoms with van der Waals surface area (Å²) >= 11 is 1.71. The molecule has 0 saturated carbocycles. The molecule has 1 atom stereocenters. The number of aromatic nitrogens is 3. The number of rotatable bonds is 4. The molecule has 0 aromatic carbocycles. The van der Waals surface area contributed by atoms with Gasteiger partial charge in [-0.3, -0.25) is 0 Å². The quantitative estimate of drug-likeness (QED) is 0.800. The van der Waals surface area contributed by atoms with Gasteiger partial charge in [-0.05, 0) is 35.2 Å². The van der Waals surface area contributed by atoms with Crippen molar-refractivity contribution in [3.05, 3.63) is 34.3 Å². The Morgan fingerprint density at radius 1 is 1.57 bits per heavy atom. The topological polar surface area (TPSA) is 67.6 Å². The predicted octanol–water partition coefficient (Wildman–Crippen LogP) is 1.50. The highest BCUT2D eigenvalue weighted by atomic mass is 32.1. The number of H-pyrrole nitrogens is 1. The van der Waals surface area contributed by atoms with E-state index in [1.165, 1.54) is 5.56 Å². The van der Waals surface area contributed by atoms with Gasteiger partial charge in [0.05, 0.1) is 17.9 Å². The van der Waals surface area contributed by atoms with Gasteiger partial charge in [-0.1, -0.05) is 0 Å². The summed E-state index contributed by atoms with van der Waals surface area (Å²) in [5.74, 6) is 0. The first kappa shape index (κ1) is 9.36. The lowest BCUT2D eigenvalue weighted by atomic mass is 10.1. The summed E-state index contributed by atoms with van der Waals surface area (Å²) in [6, 6.07) is 2.11. The largest absolute Gasteiger partial charge is 0.323 e. The van der Waals surface area contributed by atoms with Crippen LogP contribution < -0.4 is 5.73 Å². The van der Waals surface area contributed by atoms with E-state index in [0.29, 0.717) is 0 Å². The lowest BCUT2D eigenvalue weighted by Crippen LogP contribution is -2.11. The smallest absolute Gasteiger partial charge is 0.0991 e. The number of aryl methyl sites for hydroxylation is 1. The van der Waals surface area contributed by atoms with Crippen LogP contribution in [0.4, 0.5) is 0 Å². The molecule has 2 rings (SSSR count). The average Bonchev–Trinajstić information content (AvgIpc) is 2.87. The Morgan fingerprint density at radius 2 is 2.50 bits per heavy atom. The van der Waals surface area contributed by atoms with Crippen molar-refractivity contribution in [1.29, 1.82) is 0 Å². The van der Waals surface area contributed by atoms with Gasteiger partial charge in [0.25, 0.3) is 0 Å². The van der Waals surface area contributed by atoms with Crippen LogP contribution in [0.3, 0.4) is 0 Å². The second-order valence-corrected chi connectivity index (χ2v) is 3.95. The molecular formula is C9H12N4S. The van der Waals surface area contributed by atoms with Crippen LogP contribution in [-0.2, 0) is 6.42 Å². The lowest BCUT2D eigenvalue weighted by Gasteiger charge is -2.06. The lowest BCUT2D eigenvalue weighted by molar-refractivity contribution is 0.631. The molecule has 0 amide bonds. The summed E-state index contributed by atoms with van der Waals surface area (Å²) in [4.78, 5) is 0. The van der Waals surface area contributed by atoms with Gasteiger partial charge in [0.2, 0.25) is 0 Å². The van der Waals surface area contributed by atoms with E-state index in [0.717, 1.165) is 18.5 Å². The highest BCUT2D eigenvalue weighted by molar-refractivity contribution is 7.07. The molecule has 0 radical (unpaired) electrons.